The van der Waals surface area contributed by atoms with E-state index >= 15 is 0 Å². The van der Waals surface area contributed by atoms with Crippen LogP contribution in [-0.2, 0) is 11.3 Å². The molecule has 0 aliphatic heterocycles. The van der Waals surface area contributed by atoms with E-state index in [9.17, 15) is 9.59 Å². The lowest BCUT2D eigenvalue weighted by atomic mass is 10.1. The molecule has 3 aromatic heterocycles. The first-order chi connectivity index (χ1) is 14.3. The van der Waals surface area contributed by atoms with Gasteiger partial charge >= 0.3 is 6.09 Å². The zero-order valence-corrected chi connectivity index (χ0v) is 17.0. The third-order valence-corrected chi connectivity index (χ3v) is 3.78. The highest BCUT2D eigenvalue weighted by molar-refractivity contribution is 5.95. The minimum atomic E-state index is -0.575. The molecular formula is C22H22N4O4. The van der Waals surface area contributed by atoms with Crippen molar-refractivity contribution in [3.05, 3.63) is 59.9 Å². The Bertz CT molecular complexity index is 1110. The van der Waals surface area contributed by atoms with E-state index < -0.39 is 11.7 Å². The van der Waals surface area contributed by atoms with Crippen LogP contribution >= 0.6 is 0 Å². The Morgan fingerprint density at radius 1 is 1.17 bits per heavy atom. The summed E-state index contributed by atoms with van der Waals surface area (Å²) in [5, 5.41) is 6.08. The van der Waals surface area contributed by atoms with Crippen molar-refractivity contribution in [2.45, 2.75) is 32.9 Å². The van der Waals surface area contributed by atoms with Gasteiger partial charge in [-0.15, -0.1) is 0 Å². The number of ether oxygens (including phenoxy) is 1. The van der Waals surface area contributed by atoms with Crippen molar-refractivity contribution >= 4 is 22.9 Å². The summed E-state index contributed by atoms with van der Waals surface area (Å²) in [6, 6.07) is 6.92. The topological polar surface area (TPSA) is 106 Å². The summed E-state index contributed by atoms with van der Waals surface area (Å²) >= 11 is 0. The number of rotatable bonds is 4. The van der Waals surface area contributed by atoms with Gasteiger partial charge < -0.3 is 19.8 Å². The summed E-state index contributed by atoms with van der Waals surface area (Å²) in [5.41, 5.74) is 0.796. The molecule has 3 heterocycles. The Hall–Kier alpha value is -3.86. The average Bonchev–Trinajstić information content (AvgIpc) is 3.21. The zero-order chi connectivity index (χ0) is 21.6. The second kappa shape index (κ2) is 9.09. The van der Waals surface area contributed by atoms with Crippen LogP contribution < -0.4 is 10.6 Å². The van der Waals surface area contributed by atoms with E-state index in [-0.39, 0.29) is 24.7 Å². The maximum Gasteiger partial charge on any atom is 0.408 e. The van der Waals surface area contributed by atoms with Crippen molar-refractivity contribution in [1.29, 1.82) is 0 Å². The number of hydrogen-bond donors (Lipinski definition) is 2. The molecule has 154 valence electrons. The number of amides is 2. The number of alkyl carbamates (subject to hydrolysis) is 1. The number of carbonyl (C=O) groups is 2. The van der Waals surface area contributed by atoms with Crippen molar-refractivity contribution in [1.82, 2.24) is 20.6 Å². The number of pyridine rings is 2. The molecule has 8 heteroatoms. The number of aromatic nitrogens is 2. The van der Waals surface area contributed by atoms with Gasteiger partial charge in [0.1, 0.15) is 17.1 Å². The van der Waals surface area contributed by atoms with Crippen LogP contribution in [0.2, 0.25) is 0 Å². The number of hydrogen-bond acceptors (Lipinski definition) is 6. The third kappa shape index (κ3) is 5.82. The van der Waals surface area contributed by atoms with E-state index in [1.165, 1.54) is 0 Å². The number of nitrogens with one attached hydrogen (secondary N) is 2. The van der Waals surface area contributed by atoms with Crippen LogP contribution in [0.4, 0.5) is 4.79 Å². The van der Waals surface area contributed by atoms with Gasteiger partial charge in [-0.25, -0.2) is 9.78 Å². The number of nitrogens with zero attached hydrogens (tertiary/aromatic N) is 2. The van der Waals surface area contributed by atoms with Gasteiger partial charge in [0.25, 0.3) is 5.91 Å². The number of fused-ring (bicyclic) bond motifs is 1. The van der Waals surface area contributed by atoms with Gasteiger partial charge in [-0.2, -0.15) is 0 Å². The Kier molecular flexibility index (Phi) is 6.32. The van der Waals surface area contributed by atoms with Gasteiger partial charge in [0.05, 0.1) is 30.4 Å². The highest BCUT2D eigenvalue weighted by Crippen LogP contribution is 2.15. The lowest BCUT2D eigenvalue weighted by molar-refractivity contribution is 0.0535. The van der Waals surface area contributed by atoms with Crippen LogP contribution in [0.15, 0.2) is 47.3 Å². The lowest BCUT2D eigenvalue weighted by Crippen LogP contribution is -2.32. The smallest absolute Gasteiger partial charge is 0.408 e. The SMILES string of the molecule is CC(C)(C)OC(=O)NCC#Cc1cncc2ccc(C(=O)NCc3ccco3)nc12. The first kappa shape index (κ1) is 20.9. The fraction of sp³-hybridized carbons (Fsp3) is 0.273. The molecule has 0 bridgehead atoms. The quantitative estimate of drug-likeness (QED) is 0.645. The van der Waals surface area contributed by atoms with Crippen LogP contribution in [0, 0.1) is 11.8 Å². The number of furan rings is 1. The van der Waals surface area contributed by atoms with Crippen LogP contribution in [0.25, 0.3) is 10.9 Å². The Morgan fingerprint density at radius 3 is 2.73 bits per heavy atom. The van der Waals surface area contributed by atoms with E-state index in [4.69, 9.17) is 9.15 Å². The van der Waals surface area contributed by atoms with Gasteiger partial charge in [0.2, 0.25) is 0 Å². The molecule has 8 nitrogen and oxygen atoms in total. The van der Waals surface area contributed by atoms with Crippen molar-refractivity contribution in [3.8, 4) is 11.8 Å². The second-order valence-electron chi connectivity index (χ2n) is 7.37. The molecule has 0 saturated carbocycles. The molecule has 0 atom stereocenters. The van der Waals surface area contributed by atoms with E-state index in [1.54, 1.807) is 63.7 Å². The normalized spacial score (nSPS) is 10.8. The molecule has 0 radical (unpaired) electrons. The van der Waals surface area contributed by atoms with Crippen molar-refractivity contribution in [2.75, 3.05) is 6.54 Å². The minimum absolute atomic E-state index is 0.106. The summed E-state index contributed by atoms with van der Waals surface area (Å²) < 4.78 is 10.4. The van der Waals surface area contributed by atoms with Crippen LogP contribution in [0.5, 0.6) is 0 Å². The van der Waals surface area contributed by atoms with Crippen LogP contribution in [-0.4, -0.2) is 34.1 Å². The highest BCUT2D eigenvalue weighted by atomic mass is 16.6. The molecule has 0 fully saturated rings. The van der Waals surface area contributed by atoms with E-state index in [0.29, 0.717) is 16.8 Å². The standard InChI is InChI=1S/C22H22N4O4/c1-22(2,3)30-21(28)24-10-4-6-15-12-23-13-16-8-9-18(26-19(15)16)20(27)25-14-17-7-5-11-29-17/h5,7-9,11-13H,10,14H2,1-3H3,(H,24,28)(H,25,27). The molecule has 0 spiro atoms. The van der Waals surface area contributed by atoms with Crippen LogP contribution in [0.1, 0.15) is 42.6 Å². The molecule has 3 rings (SSSR count). The second-order valence-corrected chi connectivity index (χ2v) is 7.37. The van der Waals surface area contributed by atoms with Crippen LogP contribution in [0.3, 0.4) is 0 Å². The summed E-state index contributed by atoms with van der Waals surface area (Å²) in [6.45, 7) is 5.73. The van der Waals surface area contributed by atoms with E-state index in [0.717, 1.165) is 5.39 Å². The van der Waals surface area contributed by atoms with Crippen molar-refractivity contribution < 1.29 is 18.7 Å². The van der Waals surface area contributed by atoms with Gasteiger partial charge in [0.15, 0.2) is 0 Å². The zero-order valence-electron chi connectivity index (χ0n) is 17.0. The van der Waals surface area contributed by atoms with Gasteiger partial charge in [-0.05, 0) is 45.0 Å². The molecule has 2 N–H and O–H groups in total. The molecule has 0 aromatic carbocycles. The van der Waals surface area contributed by atoms with Crippen molar-refractivity contribution in [3.63, 3.8) is 0 Å². The Labute approximate surface area is 174 Å². The summed E-state index contributed by atoms with van der Waals surface area (Å²) in [4.78, 5) is 32.7. The minimum Gasteiger partial charge on any atom is -0.467 e. The largest absolute Gasteiger partial charge is 0.467 e. The van der Waals surface area contributed by atoms with Crippen molar-refractivity contribution in [2.24, 2.45) is 0 Å². The molecular weight excluding hydrogens is 384 g/mol. The summed E-state index contributed by atoms with van der Waals surface area (Å²) in [7, 11) is 0. The Balaban J connectivity index is 1.70. The molecule has 0 aliphatic rings. The Morgan fingerprint density at radius 2 is 2.00 bits per heavy atom. The molecule has 3 aromatic rings. The monoisotopic (exact) mass is 406 g/mol. The predicted molar refractivity (Wildman–Crippen MR) is 111 cm³/mol. The summed E-state index contributed by atoms with van der Waals surface area (Å²) in [5.74, 6) is 6.11. The molecule has 0 saturated heterocycles. The predicted octanol–water partition coefficient (Wildman–Crippen LogP) is 3.03. The number of carbonyl (C=O) groups excluding carboxylic acids is 2. The summed E-state index contributed by atoms with van der Waals surface area (Å²) in [6.07, 6.45) is 4.23. The fourth-order valence-electron chi connectivity index (χ4n) is 2.50. The highest BCUT2D eigenvalue weighted by Gasteiger charge is 2.15. The molecule has 0 aliphatic carbocycles. The molecule has 30 heavy (non-hydrogen) atoms. The first-order valence-electron chi connectivity index (χ1n) is 9.33. The molecule has 0 unspecified atom stereocenters. The maximum atomic E-state index is 12.4. The first-order valence-corrected chi connectivity index (χ1v) is 9.33. The van der Waals surface area contributed by atoms with Gasteiger partial charge in [-0.3, -0.25) is 9.78 Å². The lowest BCUT2D eigenvalue weighted by Gasteiger charge is -2.19. The average molecular weight is 406 g/mol. The maximum absolute atomic E-state index is 12.4. The molecule has 2 amide bonds. The van der Waals surface area contributed by atoms with Gasteiger partial charge in [-0.1, -0.05) is 11.8 Å². The van der Waals surface area contributed by atoms with Gasteiger partial charge in [0, 0.05) is 17.8 Å². The fourth-order valence-corrected chi connectivity index (χ4v) is 2.50. The van der Waals surface area contributed by atoms with E-state index in [2.05, 4.69) is 32.4 Å². The van der Waals surface area contributed by atoms with E-state index in [1.807, 2.05) is 0 Å². The third-order valence-electron chi connectivity index (χ3n) is 3.78.